The second-order valence-electron chi connectivity index (χ2n) is 4.40. The summed E-state index contributed by atoms with van der Waals surface area (Å²) in [6.45, 7) is 0.233. The predicted molar refractivity (Wildman–Crippen MR) is 76.2 cm³/mol. The van der Waals surface area contributed by atoms with Crippen molar-refractivity contribution in [2.45, 2.75) is 13.2 Å². The van der Waals surface area contributed by atoms with Crippen LogP contribution in [0.5, 0.6) is 5.75 Å². The Morgan fingerprint density at radius 3 is 2.70 bits per heavy atom. The molecule has 2 aromatic carbocycles. The maximum atomic E-state index is 9.25. The van der Waals surface area contributed by atoms with Gasteiger partial charge in [0, 0.05) is 17.1 Å². The second-order valence-corrected chi connectivity index (χ2v) is 4.40. The standard InChI is InChI=1S/C16H14N2O2/c19-10-13-6-2-4-8-15(13)20-11-16-17-9-12-5-1-3-7-14(12)18-16/h1-9,19H,10-11H2. The van der Waals surface area contributed by atoms with E-state index in [-0.39, 0.29) is 13.2 Å². The summed E-state index contributed by atoms with van der Waals surface area (Å²) in [6.07, 6.45) is 1.79. The highest BCUT2D eigenvalue weighted by Gasteiger charge is 2.04. The van der Waals surface area contributed by atoms with Crippen molar-refractivity contribution in [3.63, 3.8) is 0 Å². The number of nitrogens with zero attached hydrogens (tertiary/aromatic N) is 2. The topological polar surface area (TPSA) is 55.2 Å². The van der Waals surface area contributed by atoms with Gasteiger partial charge in [-0.25, -0.2) is 9.97 Å². The summed E-state index contributed by atoms with van der Waals surface area (Å²) in [5, 5.41) is 10.3. The van der Waals surface area contributed by atoms with Crippen molar-refractivity contribution in [1.82, 2.24) is 9.97 Å². The van der Waals surface area contributed by atoms with Crippen LogP contribution in [0.3, 0.4) is 0 Å². The molecule has 3 aromatic rings. The summed E-state index contributed by atoms with van der Waals surface area (Å²) in [7, 11) is 0. The Morgan fingerprint density at radius 1 is 1.00 bits per heavy atom. The fraction of sp³-hybridized carbons (Fsp3) is 0.125. The summed E-state index contributed by atoms with van der Waals surface area (Å²) >= 11 is 0. The van der Waals surface area contributed by atoms with Gasteiger partial charge in [0.2, 0.25) is 0 Å². The fourth-order valence-electron chi connectivity index (χ4n) is 2.00. The molecule has 0 aliphatic heterocycles. The van der Waals surface area contributed by atoms with E-state index in [0.717, 1.165) is 16.5 Å². The highest BCUT2D eigenvalue weighted by atomic mass is 16.5. The fourth-order valence-corrected chi connectivity index (χ4v) is 2.00. The van der Waals surface area contributed by atoms with Crippen molar-refractivity contribution in [3.8, 4) is 5.75 Å². The molecule has 0 amide bonds. The van der Waals surface area contributed by atoms with Crippen molar-refractivity contribution in [1.29, 1.82) is 0 Å². The molecule has 20 heavy (non-hydrogen) atoms. The van der Waals surface area contributed by atoms with Gasteiger partial charge < -0.3 is 9.84 Å². The molecule has 0 saturated heterocycles. The Kier molecular flexibility index (Phi) is 3.56. The number of benzene rings is 2. The molecule has 0 spiro atoms. The lowest BCUT2D eigenvalue weighted by molar-refractivity contribution is 0.256. The number of hydrogen-bond acceptors (Lipinski definition) is 4. The zero-order chi connectivity index (χ0) is 13.8. The summed E-state index contributed by atoms with van der Waals surface area (Å²) < 4.78 is 5.68. The van der Waals surface area contributed by atoms with Crippen LogP contribution in [0.4, 0.5) is 0 Å². The van der Waals surface area contributed by atoms with Crippen LogP contribution in [-0.4, -0.2) is 15.1 Å². The number of aliphatic hydroxyl groups is 1. The number of para-hydroxylation sites is 2. The third-order valence-corrected chi connectivity index (χ3v) is 3.04. The van der Waals surface area contributed by atoms with Crippen LogP contribution in [-0.2, 0) is 13.2 Å². The lowest BCUT2D eigenvalue weighted by Gasteiger charge is -2.09. The van der Waals surface area contributed by atoms with E-state index in [1.54, 1.807) is 6.20 Å². The molecule has 0 unspecified atom stereocenters. The predicted octanol–water partition coefficient (Wildman–Crippen LogP) is 2.70. The zero-order valence-electron chi connectivity index (χ0n) is 10.9. The summed E-state index contributed by atoms with van der Waals surface area (Å²) in [6, 6.07) is 15.2. The Bertz CT molecular complexity index is 728. The largest absolute Gasteiger partial charge is 0.485 e. The van der Waals surface area contributed by atoms with Gasteiger partial charge in [0.25, 0.3) is 0 Å². The van der Waals surface area contributed by atoms with Gasteiger partial charge in [0.15, 0.2) is 5.82 Å². The van der Waals surface area contributed by atoms with E-state index < -0.39 is 0 Å². The molecule has 3 rings (SSSR count). The number of fused-ring (bicyclic) bond motifs is 1. The lowest BCUT2D eigenvalue weighted by atomic mass is 10.2. The molecule has 0 bridgehead atoms. The molecule has 4 heteroatoms. The van der Waals surface area contributed by atoms with E-state index in [9.17, 15) is 5.11 Å². The van der Waals surface area contributed by atoms with E-state index in [1.807, 2.05) is 48.5 Å². The molecule has 1 aromatic heterocycles. The SMILES string of the molecule is OCc1ccccc1OCc1ncc2ccccc2n1. The summed E-state index contributed by atoms with van der Waals surface area (Å²) in [5.74, 6) is 1.28. The van der Waals surface area contributed by atoms with Crippen LogP contribution < -0.4 is 4.74 Å². The van der Waals surface area contributed by atoms with E-state index in [2.05, 4.69) is 9.97 Å². The van der Waals surface area contributed by atoms with Gasteiger partial charge in [0.05, 0.1) is 12.1 Å². The van der Waals surface area contributed by atoms with E-state index in [4.69, 9.17) is 4.74 Å². The molecular formula is C16H14N2O2. The Labute approximate surface area is 116 Å². The number of hydrogen-bond donors (Lipinski definition) is 1. The van der Waals surface area contributed by atoms with Gasteiger partial charge in [-0.15, -0.1) is 0 Å². The Hall–Kier alpha value is -2.46. The van der Waals surface area contributed by atoms with Crippen LogP contribution in [0.2, 0.25) is 0 Å². The molecule has 0 atom stereocenters. The maximum Gasteiger partial charge on any atom is 0.166 e. The van der Waals surface area contributed by atoms with Crippen LogP contribution in [0.15, 0.2) is 54.7 Å². The van der Waals surface area contributed by atoms with E-state index in [1.165, 1.54) is 0 Å². The lowest BCUT2D eigenvalue weighted by Crippen LogP contribution is -2.03. The quantitative estimate of drug-likeness (QED) is 0.788. The minimum absolute atomic E-state index is 0.0469. The normalized spacial score (nSPS) is 10.7. The zero-order valence-corrected chi connectivity index (χ0v) is 10.9. The summed E-state index contributed by atoms with van der Waals surface area (Å²) in [4.78, 5) is 8.73. The molecule has 0 fully saturated rings. The monoisotopic (exact) mass is 266 g/mol. The molecule has 0 aliphatic carbocycles. The van der Waals surface area contributed by atoms with Crippen molar-refractivity contribution >= 4 is 10.9 Å². The Balaban J connectivity index is 1.79. The summed E-state index contributed by atoms with van der Waals surface area (Å²) in [5.41, 5.74) is 1.66. The average molecular weight is 266 g/mol. The Morgan fingerprint density at radius 2 is 1.80 bits per heavy atom. The first-order chi connectivity index (χ1) is 9.86. The number of rotatable bonds is 4. The van der Waals surface area contributed by atoms with Crippen molar-refractivity contribution in [2.24, 2.45) is 0 Å². The van der Waals surface area contributed by atoms with Crippen LogP contribution in [0.1, 0.15) is 11.4 Å². The number of aromatic nitrogens is 2. The molecule has 0 aliphatic rings. The molecule has 100 valence electrons. The van der Waals surface area contributed by atoms with Crippen molar-refractivity contribution in [3.05, 3.63) is 66.1 Å². The first-order valence-electron chi connectivity index (χ1n) is 6.39. The highest BCUT2D eigenvalue weighted by molar-refractivity contribution is 5.77. The molecular weight excluding hydrogens is 252 g/mol. The van der Waals surface area contributed by atoms with Crippen LogP contribution in [0, 0.1) is 0 Å². The van der Waals surface area contributed by atoms with Crippen molar-refractivity contribution < 1.29 is 9.84 Å². The van der Waals surface area contributed by atoms with Gasteiger partial charge in [-0.05, 0) is 12.1 Å². The van der Waals surface area contributed by atoms with Crippen molar-refractivity contribution in [2.75, 3.05) is 0 Å². The first-order valence-corrected chi connectivity index (χ1v) is 6.39. The van der Waals surface area contributed by atoms with E-state index in [0.29, 0.717) is 11.6 Å². The minimum atomic E-state index is -0.0469. The number of aliphatic hydroxyl groups excluding tert-OH is 1. The molecule has 1 heterocycles. The third-order valence-electron chi connectivity index (χ3n) is 3.04. The van der Waals surface area contributed by atoms with Gasteiger partial charge in [-0.1, -0.05) is 36.4 Å². The molecule has 4 nitrogen and oxygen atoms in total. The molecule has 0 saturated carbocycles. The minimum Gasteiger partial charge on any atom is -0.485 e. The highest BCUT2D eigenvalue weighted by Crippen LogP contribution is 2.19. The maximum absolute atomic E-state index is 9.25. The van der Waals surface area contributed by atoms with E-state index >= 15 is 0 Å². The van der Waals surface area contributed by atoms with Gasteiger partial charge in [-0.3, -0.25) is 0 Å². The molecule has 1 N–H and O–H groups in total. The van der Waals surface area contributed by atoms with Gasteiger partial charge >= 0.3 is 0 Å². The van der Waals surface area contributed by atoms with Gasteiger partial charge in [0.1, 0.15) is 12.4 Å². The average Bonchev–Trinajstić information content (AvgIpc) is 2.53. The molecule has 0 radical (unpaired) electrons. The van der Waals surface area contributed by atoms with Crippen LogP contribution >= 0.6 is 0 Å². The smallest absolute Gasteiger partial charge is 0.166 e. The second kappa shape index (κ2) is 5.67. The third kappa shape index (κ3) is 2.60. The van der Waals surface area contributed by atoms with Crippen LogP contribution in [0.25, 0.3) is 10.9 Å². The first kappa shape index (κ1) is 12.6. The van der Waals surface area contributed by atoms with Gasteiger partial charge in [-0.2, -0.15) is 0 Å². The number of ether oxygens (including phenoxy) is 1.